The van der Waals surface area contributed by atoms with Gasteiger partial charge in [-0.15, -0.1) is 0 Å². The minimum Gasteiger partial charge on any atom is -0.456 e. The van der Waals surface area contributed by atoms with Gasteiger partial charge in [0, 0.05) is 0 Å². The number of sulfonamides is 1. The molecule has 0 fully saturated rings. The van der Waals surface area contributed by atoms with Crippen LogP contribution in [0.4, 0.5) is 18.9 Å². The van der Waals surface area contributed by atoms with Crippen molar-refractivity contribution in [2.45, 2.75) is 17.5 Å². The number of halogens is 5. The number of primary sulfonamides is 1. The number of amides is 1. The van der Waals surface area contributed by atoms with Crippen LogP contribution < -0.4 is 15.2 Å². The van der Waals surface area contributed by atoms with Crippen molar-refractivity contribution in [1.82, 2.24) is 0 Å². The molecule has 35 heavy (non-hydrogen) atoms. The van der Waals surface area contributed by atoms with Crippen LogP contribution in [0.2, 0.25) is 10.0 Å². The van der Waals surface area contributed by atoms with Gasteiger partial charge in [0.15, 0.2) is 0 Å². The van der Waals surface area contributed by atoms with Crippen molar-refractivity contribution in [1.29, 1.82) is 5.26 Å². The first kappa shape index (κ1) is 26.3. The van der Waals surface area contributed by atoms with E-state index in [0.717, 1.165) is 18.2 Å². The fourth-order valence-electron chi connectivity index (χ4n) is 2.90. The second-order valence-corrected chi connectivity index (χ2v) is 9.51. The van der Waals surface area contributed by atoms with Crippen LogP contribution in [0, 0.1) is 11.3 Å². The number of hydrogen-bond donors (Lipinski definition) is 2. The minimum atomic E-state index is -4.69. The van der Waals surface area contributed by atoms with Crippen LogP contribution in [0.15, 0.2) is 59.5 Å². The van der Waals surface area contributed by atoms with Gasteiger partial charge in [0.25, 0.3) is 0 Å². The molecule has 0 unspecified atom stereocenters. The predicted octanol–water partition coefficient (Wildman–Crippen LogP) is 5.50. The molecule has 0 aliphatic heterocycles. The fraction of sp³-hybridized carbons (Fsp3) is 0.0909. The molecular formula is C22H14Cl2F3N3O4S. The van der Waals surface area contributed by atoms with Gasteiger partial charge in [0.05, 0.1) is 44.2 Å². The number of ether oxygens (including phenoxy) is 1. The second kappa shape index (κ2) is 10.1. The maximum Gasteiger partial charge on any atom is 0.416 e. The lowest BCUT2D eigenvalue weighted by Gasteiger charge is -2.13. The summed E-state index contributed by atoms with van der Waals surface area (Å²) in [6.07, 6.45) is -4.89. The number of nitrogens with zero attached hydrogens (tertiary/aromatic N) is 1. The van der Waals surface area contributed by atoms with Crippen molar-refractivity contribution < 1.29 is 31.1 Å². The Morgan fingerprint density at radius 2 is 1.77 bits per heavy atom. The number of carbonyl (C=O) groups is 1. The summed E-state index contributed by atoms with van der Waals surface area (Å²) in [5.74, 6) is -0.827. The third-order valence-electron chi connectivity index (χ3n) is 4.49. The van der Waals surface area contributed by atoms with Crippen LogP contribution in [0.1, 0.15) is 16.7 Å². The molecule has 3 N–H and O–H groups in total. The van der Waals surface area contributed by atoms with Gasteiger partial charge in [-0.2, -0.15) is 18.4 Å². The van der Waals surface area contributed by atoms with Gasteiger partial charge in [0.2, 0.25) is 15.9 Å². The van der Waals surface area contributed by atoms with Crippen molar-refractivity contribution >= 4 is 44.8 Å². The molecule has 3 aromatic carbocycles. The normalized spacial score (nSPS) is 11.6. The summed E-state index contributed by atoms with van der Waals surface area (Å²) < 4.78 is 67.6. The molecular weight excluding hydrogens is 530 g/mol. The first-order chi connectivity index (χ1) is 16.3. The Kier molecular flexibility index (Phi) is 7.62. The molecule has 0 heterocycles. The van der Waals surface area contributed by atoms with Crippen molar-refractivity contribution in [3.63, 3.8) is 0 Å². The summed E-state index contributed by atoms with van der Waals surface area (Å²) in [5, 5.41) is 16.6. The molecule has 7 nitrogen and oxygen atoms in total. The molecule has 13 heteroatoms. The molecule has 3 aromatic rings. The molecule has 0 aliphatic rings. The number of alkyl halides is 3. The van der Waals surface area contributed by atoms with Gasteiger partial charge in [-0.3, -0.25) is 4.79 Å². The number of nitrogens with one attached hydrogen (secondary N) is 1. The van der Waals surface area contributed by atoms with Gasteiger partial charge in [-0.1, -0.05) is 29.3 Å². The van der Waals surface area contributed by atoms with Gasteiger partial charge in [-0.05, 0) is 54.1 Å². The maximum absolute atomic E-state index is 13.1. The highest BCUT2D eigenvalue weighted by molar-refractivity contribution is 7.89. The van der Waals surface area contributed by atoms with E-state index in [-0.39, 0.29) is 44.1 Å². The molecule has 182 valence electrons. The van der Waals surface area contributed by atoms with Crippen LogP contribution >= 0.6 is 23.2 Å². The predicted molar refractivity (Wildman–Crippen MR) is 123 cm³/mol. The van der Waals surface area contributed by atoms with Crippen molar-refractivity contribution in [3.8, 4) is 17.6 Å². The summed E-state index contributed by atoms with van der Waals surface area (Å²) in [7, 11) is -3.97. The number of carbonyl (C=O) groups excluding carboxylic acids is 1. The standard InChI is InChI=1S/C22H14Cl2F3N3O4S/c23-17-3-1-12(8-21(31)30-19-4-2-16(10-18(19)24)35(29,32)33)7-20(17)34-15-6-13(11-28)5-14(9-15)22(25,26)27/h1-7,9-10H,8H2,(H,30,31)(H2,29,32,33). The summed E-state index contributed by atoms with van der Waals surface area (Å²) in [6, 6.07) is 12.0. The summed E-state index contributed by atoms with van der Waals surface area (Å²) >= 11 is 12.1. The average molecular weight is 544 g/mol. The van der Waals surface area contributed by atoms with E-state index in [1.165, 1.54) is 30.3 Å². The van der Waals surface area contributed by atoms with Crippen LogP contribution in [-0.4, -0.2) is 14.3 Å². The van der Waals surface area contributed by atoms with E-state index in [4.69, 9.17) is 38.3 Å². The SMILES string of the molecule is N#Cc1cc(Oc2cc(CC(=O)Nc3ccc(S(N)(=O)=O)cc3Cl)ccc2Cl)cc(C(F)(F)F)c1. The van der Waals surface area contributed by atoms with Gasteiger partial charge in [0.1, 0.15) is 11.5 Å². The Labute approximate surface area is 207 Å². The summed E-state index contributed by atoms with van der Waals surface area (Å²) in [6.45, 7) is 0. The quantitative estimate of drug-likeness (QED) is 0.424. The van der Waals surface area contributed by atoms with Crippen LogP contribution in [0.3, 0.4) is 0 Å². The number of benzene rings is 3. The maximum atomic E-state index is 13.1. The highest BCUT2D eigenvalue weighted by atomic mass is 35.5. The van der Waals surface area contributed by atoms with Crippen LogP contribution in [0.5, 0.6) is 11.5 Å². The lowest BCUT2D eigenvalue weighted by molar-refractivity contribution is -0.137. The molecule has 1 amide bonds. The number of rotatable bonds is 6. The third-order valence-corrected chi connectivity index (χ3v) is 6.03. The van der Waals surface area contributed by atoms with E-state index in [0.29, 0.717) is 11.6 Å². The van der Waals surface area contributed by atoms with Gasteiger partial charge >= 0.3 is 6.18 Å². The molecule has 0 bridgehead atoms. The fourth-order valence-corrected chi connectivity index (χ4v) is 3.89. The van der Waals surface area contributed by atoms with E-state index >= 15 is 0 Å². The van der Waals surface area contributed by atoms with Crippen molar-refractivity contribution in [2.75, 3.05) is 5.32 Å². The largest absolute Gasteiger partial charge is 0.456 e. The van der Waals surface area contributed by atoms with Gasteiger partial charge in [-0.25, -0.2) is 13.6 Å². The Hall–Kier alpha value is -3.30. The number of hydrogen-bond acceptors (Lipinski definition) is 5. The molecule has 0 radical (unpaired) electrons. The van der Waals surface area contributed by atoms with E-state index in [2.05, 4.69) is 5.32 Å². The Balaban J connectivity index is 1.79. The van der Waals surface area contributed by atoms with E-state index in [9.17, 15) is 26.4 Å². The highest BCUT2D eigenvalue weighted by Gasteiger charge is 2.31. The molecule has 0 aromatic heterocycles. The molecule has 0 saturated carbocycles. The Bertz CT molecular complexity index is 1460. The lowest BCUT2D eigenvalue weighted by atomic mass is 10.1. The first-order valence-electron chi connectivity index (χ1n) is 9.47. The van der Waals surface area contributed by atoms with E-state index < -0.39 is 27.7 Å². The first-order valence-corrected chi connectivity index (χ1v) is 11.8. The lowest BCUT2D eigenvalue weighted by Crippen LogP contribution is -2.16. The van der Waals surface area contributed by atoms with Crippen LogP contribution in [0.25, 0.3) is 0 Å². The molecule has 0 aliphatic carbocycles. The zero-order valence-electron chi connectivity index (χ0n) is 17.4. The van der Waals surface area contributed by atoms with Crippen molar-refractivity contribution in [2.24, 2.45) is 5.14 Å². The minimum absolute atomic E-state index is 0.0317. The second-order valence-electron chi connectivity index (χ2n) is 7.13. The molecule has 3 rings (SSSR count). The summed E-state index contributed by atoms with van der Waals surface area (Å²) in [5.41, 5.74) is -0.787. The third kappa shape index (κ3) is 6.86. The van der Waals surface area contributed by atoms with E-state index in [1.807, 2.05) is 0 Å². The Morgan fingerprint density at radius 3 is 2.37 bits per heavy atom. The molecule has 0 spiro atoms. The zero-order valence-corrected chi connectivity index (χ0v) is 19.7. The Morgan fingerprint density at radius 1 is 1.06 bits per heavy atom. The highest BCUT2D eigenvalue weighted by Crippen LogP contribution is 2.36. The van der Waals surface area contributed by atoms with Crippen molar-refractivity contribution in [3.05, 3.63) is 81.3 Å². The monoisotopic (exact) mass is 543 g/mol. The topological polar surface area (TPSA) is 122 Å². The number of anilines is 1. The van der Waals surface area contributed by atoms with Crippen LogP contribution in [-0.2, 0) is 27.4 Å². The summed E-state index contributed by atoms with van der Waals surface area (Å²) in [4.78, 5) is 12.2. The smallest absolute Gasteiger partial charge is 0.416 e. The van der Waals surface area contributed by atoms with Gasteiger partial charge < -0.3 is 10.1 Å². The molecule has 0 saturated heterocycles. The molecule has 0 atom stereocenters. The number of nitrogens with two attached hydrogens (primary N) is 1. The zero-order chi connectivity index (χ0) is 26.0. The number of nitriles is 1. The average Bonchev–Trinajstić information content (AvgIpc) is 2.76. The van der Waals surface area contributed by atoms with E-state index in [1.54, 1.807) is 6.07 Å².